The van der Waals surface area contributed by atoms with Crippen LogP contribution in [0.1, 0.15) is 29.7 Å². The SMILES string of the molecule is N#Cc1ccc(N2CCCC(O)(c3cn[nH]n3)C2)cc1C(F)(F)F. The fourth-order valence-electron chi connectivity index (χ4n) is 2.95. The third-order valence-electron chi connectivity index (χ3n) is 4.16. The number of halogens is 3. The number of rotatable bonds is 2. The third-order valence-corrected chi connectivity index (χ3v) is 4.16. The van der Waals surface area contributed by atoms with Gasteiger partial charge in [0.05, 0.1) is 29.9 Å². The van der Waals surface area contributed by atoms with E-state index in [0.29, 0.717) is 30.8 Å². The van der Waals surface area contributed by atoms with Gasteiger partial charge in [0.1, 0.15) is 11.3 Å². The molecular weight excluding hydrogens is 323 g/mol. The lowest BCUT2D eigenvalue weighted by atomic mass is 9.89. The number of anilines is 1. The van der Waals surface area contributed by atoms with E-state index in [9.17, 15) is 18.3 Å². The van der Waals surface area contributed by atoms with Gasteiger partial charge in [0.2, 0.25) is 0 Å². The summed E-state index contributed by atoms with van der Waals surface area (Å²) < 4.78 is 39.3. The topological polar surface area (TPSA) is 88.8 Å². The lowest BCUT2D eigenvalue weighted by Gasteiger charge is -2.39. The van der Waals surface area contributed by atoms with E-state index in [-0.39, 0.29) is 6.54 Å². The van der Waals surface area contributed by atoms with E-state index in [1.165, 1.54) is 12.3 Å². The van der Waals surface area contributed by atoms with E-state index in [0.717, 1.165) is 12.1 Å². The maximum absolute atomic E-state index is 13.1. The molecule has 9 heteroatoms. The van der Waals surface area contributed by atoms with Crippen LogP contribution < -0.4 is 4.90 Å². The highest BCUT2D eigenvalue weighted by Crippen LogP contribution is 2.37. The van der Waals surface area contributed by atoms with Crippen molar-refractivity contribution in [1.29, 1.82) is 5.26 Å². The molecule has 1 aromatic carbocycles. The summed E-state index contributed by atoms with van der Waals surface area (Å²) in [6.45, 7) is 0.603. The first kappa shape index (κ1) is 16.3. The van der Waals surface area contributed by atoms with Crippen molar-refractivity contribution in [3.8, 4) is 6.07 Å². The molecular formula is C15H14F3N5O. The van der Waals surface area contributed by atoms with Crippen LogP contribution in [0.5, 0.6) is 0 Å². The molecule has 1 saturated heterocycles. The Labute approximate surface area is 135 Å². The largest absolute Gasteiger partial charge is 0.417 e. The summed E-state index contributed by atoms with van der Waals surface area (Å²) in [5.74, 6) is 0. The van der Waals surface area contributed by atoms with Crippen LogP contribution in [0, 0.1) is 11.3 Å². The number of benzene rings is 1. The summed E-state index contributed by atoms with van der Waals surface area (Å²) in [4.78, 5) is 1.66. The van der Waals surface area contributed by atoms with Crippen molar-refractivity contribution in [3.05, 3.63) is 41.2 Å². The van der Waals surface area contributed by atoms with E-state index in [1.54, 1.807) is 11.0 Å². The molecule has 1 unspecified atom stereocenters. The van der Waals surface area contributed by atoms with Gasteiger partial charge in [-0.2, -0.15) is 33.8 Å². The average molecular weight is 337 g/mol. The molecule has 0 amide bonds. The van der Waals surface area contributed by atoms with Gasteiger partial charge in [0, 0.05) is 12.2 Å². The zero-order valence-electron chi connectivity index (χ0n) is 12.5. The van der Waals surface area contributed by atoms with Crippen LogP contribution in [0.2, 0.25) is 0 Å². The number of hydrogen-bond donors (Lipinski definition) is 2. The number of hydrogen-bond acceptors (Lipinski definition) is 5. The predicted octanol–water partition coefficient (Wildman–Crippen LogP) is 2.18. The van der Waals surface area contributed by atoms with Gasteiger partial charge in [-0.1, -0.05) is 0 Å². The number of aromatic nitrogens is 3. The zero-order valence-corrected chi connectivity index (χ0v) is 12.5. The minimum atomic E-state index is -4.61. The van der Waals surface area contributed by atoms with Gasteiger partial charge in [0.25, 0.3) is 0 Å². The number of aliphatic hydroxyl groups is 1. The molecule has 0 aliphatic carbocycles. The molecule has 3 rings (SSSR count). The number of nitriles is 1. The highest BCUT2D eigenvalue weighted by Gasteiger charge is 2.39. The van der Waals surface area contributed by atoms with Gasteiger partial charge < -0.3 is 10.0 Å². The summed E-state index contributed by atoms with van der Waals surface area (Å²) >= 11 is 0. The summed E-state index contributed by atoms with van der Waals surface area (Å²) in [6, 6.07) is 5.13. The Morgan fingerprint density at radius 2 is 2.17 bits per heavy atom. The van der Waals surface area contributed by atoms with Gasteiger partial charge in [-0.05, 0) is 31.0 Å². The van der Waals surface area contributed by atoms with E-state index < -0.39 is 22.9 Å². The van der Waals surface area contributed by atoms with E-state index in [2.05, 4.69) is 15.4 Å². The highest BCUT2D eigenvalue weighted by molar-refractivity contribution is 5.55. The van der Waals surface area contributed by atoms with Gasteiger partial charge in [-0.3, -0.25) is 0 Å². The second-order valence-electron chi connectivity index (χ2n) is 5.75. The molecule has 0 bridgehead atoms. The van der Waals surface area contributed by atoms with Crippen LogP contribution >= 0.6 is 0 Å². The average Bonchev–Trinajstić information content (AvgIpc) is 3.09. The number of alkyl halides is 3. The van der Waals surface area contributed by atoms with Crippen LogP contribution in [-0.2, 0) is 11.8 Å². The normalized spacial score (nSPS) is 21.5. The third kappa shape index (κ3) is 2.92. The van der Waals surface area contributed by atoms with Crippen LogP contribution in [0.4, 0.5) is 18.9 Å². The van der Waals surface area contributed by atoms with Crippen molar-refractivity contribution >= 4 is 5.69 Å². The molecule has 2 N–H and O–H groups in total. The van der Waals surface area contributed by atoms with Crippen molar-refractivity contribution in [2.75, 3.05) is 18.0 Å². The van der Waals surface area contributed by atoms with Gasteiger partial charge >= 0.3 is 6.18 Å². The van der Waals surface area contributed by atoms with Crippen molar-refractivity contribution in [3.63, 3.8) is 0 Å². The Morgan fingerprint density at radius 1 is 1.38 bits per heavy atom. The monoisotopic (exact) mass is 337 g/mol. The summed E-state index contributed by atoms with van der Waals surface area (Å²) in [5.41, 5.74) is -2.01. The molecule has 24 heavy (non-hydrogen) atoms. The Hall–Kier alpha value is -2.60. The maximum Gasteiger partial charge on any atom is 0.417 e. The molecule has 1 aliphatic heterocycles. The van der Waals surface area contributed by atoms with E-state index in [1.807, 2.05) is 0 Å². The maximum atomic E-state index is 13.1. The molecule has 126 valence electrons. The molecule has 1 aromatic heterocycles. The Balaban J connectivity index is 1.93. The number of nitrogens with zero attached hydrogens (tertiary/aromatic N) is 4. The van der Waals surface area contributed by atoms with Gasteiger partial charge in [0.15, 0.2) is 0 Å². The van der Waals surface area contributed by atoms with Crippen LogP contribution in [-0.4, -0.2) is 33.6 Å². The Morgan fingerprint density at radius 3 is 2.79 bits per heavy atom. The number of piperidine rings is 1. The summed E-state index contributed by atoms with van der Waals surface area (Å²) in [5, 5.41) is 29.6. The molecule has 1 atom stereocenters. The molecule has 2 heterocycles. The van der Waals surface area contributed by atoms with E-state index in [4.69, 9.17) is 5.26 Å². The quantitative estimate of drug-likeness (QED) is 0.877. The second kappa shape index (κ2) is 5.79. The van der Waals surface area contributed by atoms with Crippen LogP contribution in [0.15, 0.2) is 24.4 Å². The van der Waals surface area contributed by atoms with Crippen molar-refractivity contribution < 1.29 is 18.3 Å². The minimum Gasteiger partial charge on any atom is -0.382 e. The van der Waals surface area contributed by atoms with Gasteiger partial charge in [-0.25, -0.2) is 0 Å². The second-order valence-corrected chi connectivity index (χ2v) is 5.75. The van der Waals surface area contributed by atoms with Crippen LogP contribution in [0.25, 0.3) is 0 Å². The fraction of sp³-hybridized carbons (Fsp3) is 0.400. The number of β-amino-alcohol motifs (C(OH)–C–C–N with tert-alkyl or cyclic N) is 1. The van der Waals surface area contributed by atoms with Gasteiger partial charge in [-0.15, -0.1) is 0 Å². The molecule has 1 fully saturated rings. The lowest BCUT2D eigenvalue weighted by Crippen LogP contribution is -2.46. The highest BCUT2D eigenvalue weighted by atomic mass is 19.4. The van der Waals surface area contributed by atoms with Crippen molar-refractivity contribution in [2.24, 2.45) is 0 Å². The predicted molar refractivity (Wildman–Crippen MR) is 77.9 cm³/mol. The molecule has 0 saturated carbocycles. The number of aromatic amines is 1. The standard InChI is InChI=1S/C15H14F3N5O/c16-15(17,18)12-6-11(3-2-10(12)7-19)23-5-1-4-14(24,9-23)13-8-20-22-21-13/h2-3,6,8,24H,1,4-5,9H2,(H,20,21,22). The first-order chi connectivity index (χ1) is 11.3. The molecule has 0 spiro atoms. The van der Waals surface area contributed by atoms with Crippen molar-refractivity contribution in [2.45, 2.75) is 24.6 Å². The fourth-order valence-corrected chi connectivity index (χ4v) is 2.95. The summed E-state index contributed by atoms with van der Waals surface area (Å²) in [6.07, 6.45) is -2.17. The molecule has 6 nitrogen and oxygen atoms in total. The minimum absolute atomic E-state index is 0.0999. The molecule has 2 aromatic rings. The molecule has 1 aliphatic rings. The number of H-pyrrole nitrogens is 1. The Bertz CT molecular complexity index is 768. The van der Waals surface area contributed by atoms with E-state index >= 15 is 0 Å². The number of nitrogens with one attached hydrogen (secondary N) is 1. The lowest BCUT2D eigenvalue weighted by molar-refractivity contribution is -0.137. The summed E-state index contributed by atoms with van der Waals surface area (Å²) in [7, 11) is 0. The smallest absolute Gasteiger partial charge is 0.382 e. The van der Waals surface area contributed by atoms with Crippen molar-refractivity contribution in [1.82, 2.24) is 15.4 Å². The first-order valence-electron chi connectivity index (χ1n) is 7.28. The zero-order chi connectivity index (χ0) is 17.4. The first-order valence-corrected chi connectivity index (χ1v) is 7.28. The Kier molecular flexibility index (Phi) is 3.93. The molecule has 0 radical (unpaired) electrons. The van der Waals surface area contributed by atoms with Crippen LogP contribution in [0.3, 0.4) is 0 Å².